The Hall–Kier alpha value is -3.72. The maximum Gasteiger partial charge on any atom is 0.330 e. The zero-order chi connectivity index (χ0) is 26.8. The Bertz CT molecular complexity index is 1250. The summed E-state index contributed by atoms with van der Waals surface area (Å²) in [6, 6.07) is 8.76. The highest BCUT2D eigenvalue weighted by atomic mass is 16.5. The van der Waals surface area contributed by atoms with E-state index in [1.165, 1.54) is 13.1 Å². The van der Waals surface area contributed by atoms with E-state index in [0.717, 1.165) is 10.1 Å². The highest BCUT2D eigenvalue weighted by molar-refractivity contribution is 5.87. The summed E-state index contributed by atoms with van der Waals surface area (Å²) in [7, 11) is 0. The smallest absolute Gasteiger partial charge is 0.330 e. The monoisotopic (exact) mass is 512 g/mol. The number of aromatic amines is 1. The van der Waals surface area contributed by atoms with Gasteiger partial charge in [-0.15, -0.1) is 0 Å². The van der Waals surface area contributed by atoms with E-state index < -0.39 is 35.7 Å². The van der Waals surface area contributed by atoms with Crippen LogP contribution in [-0.4, -0.2) is 63.0 Å². The van der Waals surface area contributed by atoms with Crippen LogP contribution in [0.15, 0.2) is 46.1 Å². The summed E-state index contributed by atoms with van der Waals surface area (Å²) in [5, 5.41) is 24.7. The second-order valence-electron chi connectivity index (χ2n) is 8.82. The fraction of sp³-hybridized carbons (Fsp3) is 0.462. The molecule has 1 unspecified atom stereocenters. The molecular formula is C26H32N4O7. The lowest BCUT2D eigenvalue weighted by Crippen LogP contribution is -2.47. The van der Waals surface area contributed by atoms with Crippen molar-refractivity contribution in [3.8, 4) is 11.8 Å². The molecule has 1 aliphatic rings. The van der Waals surface area contributed by atoms with E-state index in [1.54, 1.807) is 0 Å². The zero-order valence-electron chi connectivity index (χ0n) is 20.6. The van der Waals surface area contributed by atoms with Crippen LogP contribution in [0.25, 0.3) is 0 Å². The normalized spacial score (nSPS) is 19.5. The van der Waals surface area contributed by atoms with E-state index >= 15 is 0 Å². The molecule has 198 valence electrons. The second kappa shape index (κ2) is 13.5. The van der Waals surface area contributed by atoms with E-state index in [9.17, 15) is 29.4 Å². The number of aromatic nitrogens is 2. The third-order valence-electron chi connectivity index (χ3n) is 5.89. The zero-order valence-corrected chi connectivity index (χ0v) is 20.6. The van der Waals surface area contributed by atoms with Crippen molar-refractivity contribution < 1.29 is 24.5 Å². The minimum absolute atomic E-state index is 0.0810. The lowest BCUT2D eigenvalue weighted by Gasteiger charge is -2.17. The Balaban J connectivity index is 1.48. The van der Waals surface area contributed by atoms with Gasteiger partial charge in [0.1, 0.15) is 23.9 Å². The molecule has 2 amide bonds. The number of amides is 2. The van der Waals surface area contributed by atoms with Gasteiger partial charge in [-0.05, 0) is 18.4 Å². The number of benzene rings is 1. The van der Waals surface area contributed by atoms with E-state index in [0.29, 0.717) is 32.2 Å². The Labute approximate surface area is 213 Å². The van der Waals surface area contributed by atoms with Crippen molar-refractivity contribution in [3.05, 3.63) is 68.5 Å². The van der Waals surface area contributed by atoms with Crippen LogP contribution in [0, 0.1) is 11.8 Å². The van der Waals surface area contributed by atoms with E-state index in [2.05, 4.69) is 27.5 Å². The molecular weight excluding hydrogens is 480 g/mol. The van der Waals surface area contributed by atoms with Gasteiger partial charge in [0.05, 0.1) is 12.7 Å². The first-order chi connectivity index (χ1) is 17.8. The number of hydrogen-bond acceptors (Lipinski definition) is 7. The number of nitrogens with one attached hydrogen (secondary N) is 3. The number of rotatable bonds is 10. The molecule has 11 heteroatoms. The summed E-state index contributed by atoms with van der Waals surface area (Å²) in [4.78, 5) is 50.6. The Morgan fingerprint density at radius 1 is 1.24 bits per heavy atom. The summed E-state index contributed by atoms with van der Waals surface area (Å²) >= 11 is 0. The molecule has 1 saturated heterocycles. The number of ether oxygens (including phenoxy) is 1. The maximum atomic E-state index is 12.6. The lowest BCUT2D eigenvalue weighted by molar-refractivity contribution is -0.128. The lowest BCUT2D eigenvalue weighted by atomic mass is 10.1. The fourth-order valence-corrected chi connectivity index (χ4v) is 3.97. The molecule has 0 aliphatic carbocycles. The molecule has 1 aromatic heterocycles. The van der Waals surface area contributed by atoms with Crippen molar-refractivity contribution >= 4 is 11.8 Å². The van der Waals surface area contributed by atoms with Gasteiger partial charge in [-0.1, -0.05) is 42.2 Å². The van der Waals surface area contributed by atoms with Gasteiger partial charge in [0.15, 0.2) is 0 Å². The highest BCUT2D eigenvalue weighted by Crippen LogP contribution is 2.27. The molecule has 4 atom stereocenters. The van der Waals surface area contributed by atoms with E-state index in [1.807, 2.05) is 30.3 Å². The van der Waals surface area contributed by atoms with Crippen LogP contribution >= 0.6 is 0 Å². The average molecular weight is 513 g/mol. The molecule has 1 fully saturated rings. The number of hydrogen-bond donors (Lipinski definition) is 5. The van der Waals surface area contributed by atoms with Crippen molar-refractivity contribution in [1.29, 1.82) is 0 Å². The predicted molar refractivity (Wildman–Crippen MR) is 134 cm³/mol. The molecule has 0 spiro atoms. The molecule has 3 rings (SSSR count). The number of carbonyl (C=O) groups is 2. The summed E-state index contributed by atoms with van der Waals surface area (Å²) < 4.78 is 6.63. The average Bonchev–Trinajstić information content (AvgIpc) is 3.24. The van der Waals surface area contributed by atoms with Gasteiger partial charge in [0, 0.05) is 38.9 Å². The predicted octanol–water partition coefficient (Wildman–Crippen LogP) is -0.437. The van der Waals surface area contributed by atoms with Crippen LogP contribution in [0.4, 0.5) is 0 Å². The van der Waals surface area contributed by atoms with Gasteiger partial charge in [-0.25, -0.2) is 4.79 Å². The van der Waals surface area contributed by atoms with Crippen LogP contribution in [0.5, 0.6) is 0 Å². The van der Waals surface area contributed by atoms with Gasteiger partial charge >= 0.3 is 5.69 Å². The molecule has 0 radical (unpaired) electrons. The Morgan fingerprint density at radius 2 is 2.00 bits per heavy atom. The minimum Gasteiger partial charge on any atom is -0.394 e. The van der Waals surface area contributed by atoms with Crippen LogP contribution in [0.1, 0.15) is 50.0 Å². The SMILES string of the molecule is CC(=O)NC(Cc1ccccc1)C(=O)NCCCCC#Cc1cn([C@H]2C[C@H](O)[C@@H](CO)O2)c(=O)[nH]c1=O. The molecule has 1 aromatic carbocycles. The van der Waals surface area contributed by atoms with Gasteiger partial charge in [-0.3, -0.25) is 23.9 Å². The van der Waals surface area contributed by atoms with E-state index in [4.69, 9.17) is 4.74 Å². The number of H-pyrrole nitrogens is 1. The molecule has 0 saturated carbocycles. The van der Waals surface area contributed by atoms with Crippen LogP contribution in [0.2, 0.25) is 0 Å². The molecule has 0 bridgehead atoms. The van der Waals surface area contributed by atoms with Crippen molar-refractivity contribution in [2.24, 2.45) is 0 Å². The first-order valence-corrected chi connectivity index (χ1v) is 12.2. The van der Waals surface area contributed by atoms with Gasteiger partial charge in [0.2, 0.25) is 11.8 Å². The summed E-state index contributed by atoms with van der Waals surface area (Å²) in [6.45, 7) is 1.39. The summed E-state index contributed by atoms with van der Waals surface area (Å²) in [6.07, 6.45) is 1.00. The standard InChI is InChI=1S/C26H32N4O7/c1-17(32)28-20(13-18-9-5-4-6-10-18)25(35)27-12-8-3-2-7-11-19-15-30(26(36)29-24(19)34)23-14-21(33)22(16-31)37-23/h4-6,9-10,15,20-23,31,33H,2-3,8,12-14,16H2,1H3,(H,27,35)(H,28,32)(H,29,34,36)/t20?,21-,22+,23+/m0/s1. The third kappa shape index (κ3) is 8.15. The largest absolute Gasteiger partial charge is 0.394 e. The molecule has 2 aromatic rings. The highest BCUT2D eigenvalue weighted by Gasteiger charge is 2.35. The van der Waals surface area contributed by atoms with Gasteiger partial charge < -0.3 is 25.6 Å². The number of unbranched alkanes of at least 4 members (excludes halogenated alkanes) is 2. The first kappa shape index (κ1) is 27.9. The molecule has 11 nitrogen and oxygen atoms in total. The number of aliphatic hydroxyl groups is 2. The van der Waals surface area contributed by atoms with E-state index in [-0.39, 0.29) is 30.4 Å². The summed E-state index contributed by atoms with van der Waals surface area (Å²) in [5.74, 6) is 5.10. The topological polar surface area (TPSA) is 163 Å². The second-order valence-corrected chi connectivity index (χ2v) is 8.82. The Morgan fingerprint density at radius 3 is 2.68 bits per heavy atom. The number of carbonyl (C=O) groups excluding carboxylic acids is 2. The van der Waals surface area contributed by atoms with Crippen LogP contribution < -0.4 is 21.9 Å². The first-order valence-electron chi connectivity index (χ1n) is 12.2. The quantitative estimate of drug-likeness (QED) is 0.213. The maximum absolute atomic E-state index is 12.6. The van der Waals surface area contributed by atoms with Crippen molar-refractivity contribution in [2.45, 2.75) is 63.5 Å². The number of nitrogens with zero attached hydrogens (tertiary/aromatic N) is 1. The minimum atomic E-state index is -0.921. The van der Waals surface area contributed by atoms with Crippen molar-refractivity contribution in [2.75, 3.05) is 13.2 Å². The third-order valence-corrected chi connectivity index (χ3v) is 5.89. The van der Waals surface area contributed by atoms with Crippen LogP contribution in [-0.2, 0) is 20.7 Å². The summed E-state index contributed by atoms with van der Waals surface area (Å²) in [5.41, 5.74) is -0.290. The van der Waals surface area contributed by atoms with Crippen molar-refractivity contribution in [3.63, 3.8) is 0 Å². The number of aliphatic hydroxyl groups excluding tert-OH is 2. The van der Waals surface area contributed by atoms with Gasteiger partial charge in [-0.2, -0.15) is 0 Å². The molecule has 1 aliphatic heterocycles. The van der Waals surface area contributed by atoms with Gasteiger partial charge in [0.25, 0.3) is 5.56 Å². The molecule has 2 heterocycles. The fourth-order valence-electron chi connectivity index (χ4n) is 3.97. The van der Waals surface area contributed by atoms with Crippen LogP contribution in [0.3, 0.4) is 0 Å². The Kier molecular flexibility index (Phi) is 10.2. The van der Waals surface area contributed by atoms with Crippen molar-refractivity contribution in [1.82, 2.24) is 20.2 Å². The molecule has 37 heavy (non-hydrogen) atoms. The molecule has 5 N–H and O–H groups in total.